The number of benzene rings is 2. The van der Waals surface area contributed by atoms with Crippen molar-refractivity contribution < 1.29 is 14.3 Å². The zero-order valence-corrected chi connectivity index (χ0v) is 14.1. The zero-order valence-electron chi connectivity index (χ0n) is 14.1. The van der Waals surface area contributed by atoms with E-state index in [0.29, 0.717) is 19.8 Å². The van der Waals surface area contributed by atoms with Gasteiger partial charge in [-0.1, -0.05) is 30.3 Å². The molecule has 0 saturated heterocycles. The number of nitrogens with one attached hydrogen (secondary N) is 1. The van der Waals surface area contributed by atoms with E-state index < -0.39 is 0 Å². The Bertz CT molecular complexity index is 678. The van der Waals surface area contributed by atoms with Crippen LogP contribution in [0.3, 0.4) is 0 Å². The highest BCUT2D eigenvalue weighted by molar-refractivity contribution is 5.91. The third-order valence-corrected chi connectivity index (χ3v) is 3.34. The fourth-order valence-electron chi connectivity index (χ4n) is 2.20. The molecule has 0 aliphatic rings. The molecule has 126 valence electrons. The average Bonchev–Trinajstić information content (AvgIpc) is 2.61. The number of carbonyl (C=O) groups excluding carboxylic acids is 1. The lowest BCUT2D eigenvalue weighted by atomic mass is 10.2. The van der Waals surface area contributed by atoms with E-state index in [0.717, 1.165) is 22.6 Å². The lowest BCUT2D eigenvalue weighted by Crippen LogP contribution is -2.20. The summed E-state index contributed by atoms with van der Waals surface area (Å²) < 4.78 is 10.9. The second-order valence-corrected chi connectivity index (χ2v) is 5.09. The standard InChI is InChI=1S/C20H23NO3/c1-3-23-18-12-9-16(10-13-18)11-14-20(22)21-15-17-7-5-6-8-19(17)24-4-2/h5-14H,3-4,15H2,1-2H3,(H,21,22). The van der Waals surface area contributed by atoms with Crippen molar-refractivity contribution in [2.75, 3.05) is 13.2 Å². The summed E-state index contributed by atoms with van der Waals surface area (Å²) in [6.07, 6.45) is 3.30. The van der Waals surface area contributed by atoms with Gasteiger partial charge < -0.3 is 14.8 Å². The Morgan fingerprint density at radius 3 is 2.42 bits per heavy atom. The van der Waals surface area contributed by atoms with Crippen molar-refractivity contribution in [2.45, 2.75) is 20.4 Å². The van der Waals surface area contributed by atoms with E-state index in [9.17, 15) is 4.79 Å². The van der Waals surface area contributed by atoms with Crippen molar-refractivity contribution in [1.29, 1.82) is 0 Å². The maximum Gasteiger partial charge on any atom is 0.244 e. The molecule has 1 amide bonds. The second-order valence-electron chi connectivity index (χ2n) is 5.09. The Balaban J connectivity index is 1.89. The molecule has 0 atom stereocenters. The van der Waals surface area contributed by atoms with E-state index in [2.05, 4.69) is 5.32 Å². The zero-order chi connectivity index (χ0) is 17.2. The number of para-hydroxylation sites is 1. The third kappa shape index (κ3) is 5.47. The Hall–Kier alpha value is -2.75. The molecule has 0 aromatic heterocycles. The van der Waals surface area contributed by atoms with E-state index in [1.807, 2.05) is 62.4 Å². The predicted molar refractivity (Wildman–Crippen MR) is 96.1 cm³/mol. The van der Waals surface area contributed by atoms with Crippen molar-refractivity contribution in [3.05, 3.63) is 65.7 Å². The van der Waals surface area contributed by atoms with Crippen LogP contribution < -0.4 is 14.8 Å². The topological polar surface area (TPSA) is 47.6 Å². The lowest BCUT2D eigenvalue weighted by molar-refractivity contribution is -0.116. The molecule has 4 heteroatoms. The first kappa shape index (κ1) is 17.6. The molecule has 0 radical (unpaired) electrons. The summed E-state index contributed by atoms with van der Waals surface area (Å²) in [6.45, 7) is 5.56. The number of hydrogen-bond donors (Lipinski definition) is 1. The lowest BCUT2D eigenvalue weighted by Gasteiger charge is -2.10. The van der Waals surface area contributed by atoms with Crippen LogP contribution in [0.1, 0.15) is 25.0 Å². The maximum atomic E-state index is 12.0. The third-order valence-electron chi connectivity index (χ3n) is 3.34. The molecule has 0 aliphatic carbocycles. The van der Waals surface area contributed by atoms with Crippen LogP contribution >= 0.6 is 0 Å². The van der Waals surface area contributed by atoms with E-state index in [1.165, 1.54) is 6.08 Å². The molecule has 2 rings (SSSR count). The second kappa shape index (κ2) is 9.40. The van der Waals surface area contributed by atoms with Gasteiger partial charge in [0.25, 0.3) is 0 Å². The first-order valence-electron chi connectivity index (χ1n) is 8.12. The Morgan fingerprint density at radius 1 is 1.00 bits per heavy atom. The van der Waals surface area contributed by atoms with Gasteiger partial charge in [-0.2, -0.15) is 0 Å². The van der Waals surface area contributed by atoms with Gasteiger partial charge in [-0.25, -0.2) is 0 Å². The van der Waals surface area contributed by atoms with Crippen LogP contribution in [-0.2, 0) is 11.3 Å². The van der Waals surface area contributed by atoms with Crippen LogP contribution in [0.5, 0.6) is 11.5 Å². The summed E-state index contributed by atoms with van der Waals surface area (Å²) in [5, 5.41) is 2.87. The summed E-state index contributed by atoms with van der Waals surface area (Å²) in [7, 11) is 0. The highest BCUT2D eigenvalue weighted by atomic mass is 16.5. The largest absolute Gasteiger partial charge is 0.494 e. The molecule has 2 aromatic carbocycles. The monoisotopic (exact) mass is 325 g/mol. The molecule has 0 unspecified atom stereocenters. The number of rotatable bonds is 8. The number of hydrogen-bond acceptors (Lipinski definition) is 3. The minimum atomic E-state index is -0.143. The highest BCUT2D eigenvalue weighted by Gasteiger charge is 2.03. The van der Waals surface area contributed by atoms with Gasteiger partial charge in [0.1, 0.15) is 11.5 Å². The molecule has 0 fully saturated rings. The van der Waals surface area contributed by atoms with E-state index in [1.54, 1.807) is 6.08 Å². The molecule has 1 N–H and O–H groups in total. The van der Waals surface area contributed by atoms with Gasteiger partial charge in [0.05, 0.1) is 13.2 Å². The average molecular weight is 325 g/mol. The van der Waals surface area contributed by atoms with Gasteiger partial charge in [0.2, 0.25) is 5.91 Å². The summed E-state index contributed by atoms with van der Waals surface area (Å²) >= 11 is 0. The van der Waals surface area contributed by atoms with E-state index in [4.69, 9.17) is 9.47 Å². The van der Waals surface area contributed by atoms with Crippen molar-refractivity contribution in [2.24, 2.45) is 0 Å². The molecular formula is C20H23NO3. The molecule has 2 aromatic rings. The van der Waals surface area contributed by atoms with Crippen LogP contribution in [0, 0.1) is 0 Å². The molecule has 0 bridgehead atoms. The fraction of sp³-hybridized carbons (Fsp3) is 0.250. The molecule has 0 spiro atoms. The van der Waals surface area contributed by atoms with Gasteiger partial charge in [-0.15, -0.1) is 0 Å². The number of carbonyl (C=O) groups is 1. The van der Waals surface area contributed by atoms with Gasteiger partial charge in [0, 0.05) is 18.2 Å². The minimum absolute atomic E-state index is 0.143. The summed E-state index contributed by atoms with van der Waals surface area (Å²) in [6, 6.07) is 15.3. The first-order chi connectivity index (χ1) is 11.7. The Labute approximate surface area is 143 Å². The van der Waals surface area contributed by atoms with Gasteiger partial charge >= 0.3 is 0 Å². The smallest absolute Gasteiger partial charge is 0.244 e. The minimum Gasteiger partial charge on any atom is -0.494 e. The normalized spacial score (nSPS) is 10.6. The van der Waals surface area contributed by atoms with Crippen molar-refractivity contribution >= 4 is 12.0 Å². The fourth-order valence-corrected chi connectivity index (χ4v) is 2.20. The van der Waals surface area contributed by atoms with Crippen LogP contribution in [-0.4, -0.2) is 19.1 Å². The van der Waals surface area contributed by atoms with Gasteiger partial charge in [-0.05, 0) is 43.7 Å². The van der Waals surface area contributed by atoms with Crippen LogP contribution in [0.2, 0.25) is 0 Å². The Morgan fingerprint density at radius 2 is 1.71 bits per heavy atom. The summed E-state index contributed by atoms with van der Waals surface area (Å²) in [4.78, 5) is 12.0. The van der Waals surface area contributed by atoms with Crippen LogP contribution in [0.4, 0.5) is 0 Å². The maximum absolute atomic E-state index is 12.0. The Kier molecular flexibility index (Phi) is 6.90. The molecule has 0 aliphatic heterocycles. The van der Waals surface area contributed by atoms with E-state index in [-0.39, 0.29) is 5.91 Å². The molecule has 24 heavy (non-hydrogen) atoms. The molecule has 0 heterocycles. The van der Waals surface area contributed by atoms with Gasteiger partial charge in [-0.3, -0.25) is 4.79 Å². The van der Waals surface area contributed by atoms with Crippen molar-refractivity contribution in [1.82, 2.24) is 5.32 Å². The van der Waals surface area contributed by atoms with Gasteiger partial charge in [0.15, 0.2) is 0 Å². The van der Waals surface area contributed by atoms with Crippen molar-refractivity contribution in [3.8, 4) is 11.5 Å². The van der Waals surface area contributed by atoms with Crippen LogP contribution in [0.15, 0.2) is 54.6 Å². The summed E-state index contributed by atoms with van der Waals surface area (Å²) in [5.74, 6) is 1.48. The quantitative estimate of drug-likeness (QED) is 0.751. The van der Waals surface area contributed by atoms with Crippen molar-refractivity contribution in [3.63, 3.8) is 0 Å². The molecular weight excluding hydrogens is 302 g/mol. The number of ether oxygens (including phenoxy) is 2. The first-order valence-corrected chi connectivity index (χ1v) is 8.12. The highest BCUT2D eigenvalue weighted by Crippen LogP contribution is 2.17. The predicted octanol–water partition coefficient (Wildman–Crippen LogP) is 3.81. The molecule has 4 nitrogen and oxygen atoms in total. The summed E-state index contributed by atoms with van der Waals surface area (Å²) in [5.41, 5.74) is 1.91. The van der Waals surface area contributed by atoms with E-state index >= 15 is 0 Å². The van der Waals surface area contributed by atoms with Crippen LogP contribution in [0.25, 0.3) is 6.08 Å². The molecule has 0 saturated carbocycles. The SMILES string of the molecule is CCOc1ccc(C=CC(=O)NCc2ccccc2OCC)cc1. The number of amides is 1.